The van der Waals surface area contributed by atoms with Crippen LogP contribution in [0.15, 0.2) is 0 Å². The van der Waals surface area contributed by atoms with Crippen molar-refractivity contribution in [3.05, 3.63) is 0 Å². The van der Waals surface area contributed by atoms with Crippen LogP contribution in [0.2, 0.25) is 72.0 Å². The third kappa shape index (κ3) is 15.6. The average molecular weight is 577 g/mol. The standard InChI is InChI=1S/C19H52O8Si6/c1-15-20-29(7,8)23-18-33(25-28(4,5)6,19-24-30(9,10)21-16-2)27-32(13,14)26-31(11,12)22-17-3/h15-19H2,1-14H3. The first kappa shape index (κ1) is 34.0. The van der Waals surface area contributed by atoms with Gasteiger partial charge in [-0.15, -0.1) is 0 Å². The van der Waals surface area contributed by atoms with Gasteiger partial charge in [0.1, 0.15) is 0 Å². The molecule has 0 saturated carbocycles. The van der Waals surface area contributed by atoms with Crippen LogP contribution < -0.4 is 0 Å². The van der Waals surface area contributed by atoms with E-state index < -0.39 is 51.1 Å². The highest BCUT2D eigenvalue weighted by Crippen LogP contribution is 2.27. The molecule has 0 aromatic carbocycles. The van der Waals surface area contributed by atoms with Crippen LogP contribution in [0.5, 0.6) is 0 Å². The second kappa shape index (κ2) is 13.5. The van der Waals surface area contributed by atoms with Gasteiger partial charge in [-0.1, -0.05) is 0 Å². The van der Waals surface area contributed by atoms with Gasteiger partial charge in [0.25, 0.3) is 0 Å². The summed E-state index contributed by atoms with van der Waals surface area (Å²) >= 11 is 0. The van der Waals surface area contributed by atoms with Crippen molar-refractivity contribution in [2.45, 2.75) is 92.8 Å². The van der Waals surface area contributed by atoms with E-state index in [0.717, 1.165) is 0 Å². The summed E-state index contributed by atoms with van der Waals surface area (Å²) in [7, 11) is -14.7. The van der Waals surface area contributed by atoms with Crippen LogP contribution in [-0.4, -0.2) is 83.4 Å². The first-order valence-corrected chi connectivity index (χ1v) is 28.9. The Morgan fingerprint density at radius 2 is 0.758 bits per heavy atom. The van der Waals surface area contributed by atoms with Crippen LogP contribution in [0.4, 0.5) is 0 Å². The van der Waals surface area contributed by atoms with Gasteiger partial charge in [-0.25, -0.2) is 0 Å². The van der Waals surface area contributed by atoms with E-state index >= 15 is 0 Å². The summed E-state index contributed by atoms with van der Waals surface area (Å²) in [5.74, 6) is 0. The molecule has 0 aliphatic rings. The molecule has 0 amide bonds. The highest BCUT2D eigenvalue weighted by molar-refractivity contribution is 6.89. The van der Waals surface area contributed by atoms with E-state index in [2.05, 4.69) is 45.8 Å². The summed E-state index contributed by atoms with van der Waals surface area (Å²) in [6, 6.07) is 0. The smallest absolute Gasteiger partial charge is 0.369 e. The van der Waals surface area contributed by atoms with Crippen LogP contribution in [-0.2, 0) is 34.5 Å². The summed E-state index contributed by atoms with van der Waals surface area (Å²) in [6.07, 6.45) is 0.674. The number of hydrogen-bond acceptors (Lipinski definition) is 8. The molecule has 0 spiro atoms. The minimum Gasteiger partial charge on any atom is -0.434 e. The molecule has 0 aromatic rings. The predicted molar refractivity (Wildman–Crippen MR) is 149 cm³/mol. The predicted octanol–water partition coefficient (Wildman–Crippen LogP) is 5.34. The van der Waals surface area contributed by atoms with Crippen molar-refractivity contribution in [2.24, 2.45) is 0 Å². The zero-order valence-electron chi connectivity index (χ0n) is 23.8. The zero-order valence-corrected chi connectivity index (χ0v) is 29.8. The van der Waals surface area contributed by atoms with Crippen molar-refractivity contribution in [1.29, 1.82) is 0 Å². The van der Waals surface area contributed by atoms with E-state index in [4.69, 9.17) is 34.5 Å². The molecule has 0 bridgehead atoms. The Kier molecular flexibility index (Phi) is 13.9. The largest absolute Gasteiger partial charge is 0.434 e. The minimum absolute atomic E-state index is 0.337. The Bertz CT molecular complexity index is 547. The molecule has 200 valence electrons. The molecule has 0 fully saturated rings. The highest BCUT2D eigenvalue weighted by Gasteiger charge is 2.51. The molecule has 8 nitrogen and oxygen atoms in total. The number of rotatable bonds is 18. The lowest BCUT2D eigenvalue weighted by molar-refractivity contribution is 0.156. The van der Waals surface area contributed by atoms with Gasteiger partial charge in [-0.2, -0.15) is 0 Å². The zero-order chi connectivity index (χ0) is 26.2. The lowest BCUT2D eigenvalue weighted by atomic mass is 10.9. The van der Waals surface area contributed by atoms with Crippen LogP contribution in [0.1, 0.15) is 20.8 Å². The molecule has 0 saturated heterocycles. The Morgan fingerprint density at radius 1 is 0.394 bits per heavy atom. The average Bonchev–Trinajstić information content (AvgIpc) is 2.55. The third-order valence-electron chi connectivity index (χ3n) is 4.17. The lowest BCUT2D eigenvalue weighted by Gasteiger charge is -2.44. The first-order valence-electron chi connectivity index (χ1n) is 12.0. The minimum atomic E-state index is -3.04. The van der Waals surface area contributed by atoms with Crippen molar-refractivity contribution in [1.82, 2.24) is 0 Å². The normalized spacial score (nSPS) is 14.7. The van der Waals surface area contributed by atoms with E-state index in [1.165, 1.54) is 0 Å². The second-order valence-electron chi connectivity index (χ2n) is 10.8. The molecule has 0 radical (unpaired) electrons. The third-order valence-corrected chi connectivity index (χ3v) is 21.9. The monoisotopic (exact) mass is 576 g/mol. The SMILES string of the molecule is CCO[Si](C)(C)OC[Si](CO[Si](C)(C)OCC)(O[Si](C)(C)C)O[Si](C)(C)O[Si](C)(C)OCC. The van der Waals surface area contributed by atoms with E-state index in [1.54, 1.807) is 0 Å². The van der Waals surface area contributed by atoms with Gasteiger partial charge >= 0.3 is 42.8 Å². The van der Waals surface area contributed by atoms with Gasteiger partial charge < -0.3 is 34.5 Å². The molecular formula is C19H52O8Si6. The molecule has 0 aliphatic carbocycles. The first-order chi connectivity index (χ1) is 14.7. The maximum atomic E-state index is 6.94. The Hall–Kier alpha value is 0.981. The van der Waals surface area contributed by atoms with E-state index in [1.807, 2.05) is 47.0 Å². The summed E-state index contributed by atoms with van der Waals surface area (Å²) in [5.41, 5.74) is 0. The van der Waals surface area contributed by atoms with E-state index in [9.17, 15) is 0 Å². The number of hydrogen-bond donors (Lipinski definition) is 0. The van der Waals surface area contributed by atoms with Crippen LogP contribution >= 0.6 is 0 Å². The van der Waals surface area contributed by atoms with Gasteiger partial charge in [0.15, 0.2) is 8.32 Å². The molecule has 0 heterocycles. The summed E-state index contributed by atoms with van der Waals surface area (Å²) < 4.78 is 51.0. The molecular weight excluding hydrogens is 525 g/mol. The molecule has 14 heteroatoms. The van der Waals surface area contributed by atoms with Gasteiger partial charge in [-0.3, -0.25) is 0 Å². The molecule has 33 heavy (non-hydrogen) atoms. The van der Waals surface area contributed by atoms with Crippen molar-refractivity contribution in [2.75, 3.05) is 32.3 Å². The van der Waals surface area contributed by atoms with Crippen LogP contribution in [0.25, 0.3) is 0 Å². The summed E-state index contributed by atoms with van der Waals surface area (Å²) in [6.45, 7) is 30.8. The van der Waals surface area contributed by atoms with Crippen molar-refractivity contribution in [3.8, 4) is 0 Å². The topological polar surface area (TPSA) is 73.8 Å². The van der Waals surface area contributed by atoms with Gasteiger partial charge in [0.05, 0.1) is 12.5 Å². The fourth-order valence-electron chi connectivity index (χ4n) is 3.52. The molecule has 0 aromatic heterocycles. The van der Waals surface area contributed by atoms with E-state index in [-0.39, 0.29) is 0 Å². The fourth-order valence-corrected chi connectivity index (χ4v) is 25.4. The van der Waals surface area contributed by atoms with Crippen molar-refractivity contribution in [3.63, 3.8) is 0 Å². The van der Waals surface area contributed by atoms with Gasteiger partial charge in [0.2, 0.25) is 0 Å². The Labute approximate surface area is 210 Å². The highest BCUT2D eigenvalue weighted by atomic mass is 28.5. The van der Waals surface area contributed by atoms with Crippen molar-refractivity contribution >= 4 is 51.1 Å². The molecule has 0 N–H and O–H groups in total. The Balaban J connectivity index is 6.11. The van der Waals surface area contributed by atoms with Crippen molar-refractivity contribution < 1.29 is 34.5 Å². The fraction of sp³-hybridized carbons (Fsp3) is 1.00. The summed E-state index contributed by atoms with van der Waals surface area (Å²) in [4.78, 5) is 0. The van der Waals surface area contributed by atoms with Gasteiger partial charge in [-0.05, 0) is 92.8 Å². The quantitative estimate of drug-likeness (QED) is 0.202. The lowest BCUT2D eigenvalue weighted by Crippen LogP contribution is -2.65. The maximum absolute atomic E-state index is 6.94. The molecule has 0 unspecified atom stereocenters. The Morgan fingerprint density at radius 3 is 1.09 bits per heavy atom. The summed E-state index contributed by atoms with van der Waals surface area (Å²) in [5, 5.41) is 0. The molecule has 0 rings (SSSR count). The van der Waals surface area contributed by atoms with Gasteiger partial charge in [0, 0.05) is 19.8 Å². The maximum Gasteiger partial charge on any atom is 0.369 e. The van der Waals surface area contributed by atoms with Crippen LogP contribution in [0, 0.1) is 0 Å². The molecule has 0 aliphatic heterocycles. The van der Waals surface area contributed by atoms with E-state index in [0.29, 0.717) is 32.3 Å². The van der Waals surface area contributed by atoms with Crippen LogP contribution in [0.3, 0.4) is 0 Å². The molecule has 0 atom stereocenters. The second-order valence-corrected chi connectivity index (χ2v) is 32.5.